The van der Waals surface area contributed by atoms with E-state index in [-0.39, 0.29) is 0 Å². The smallest absolute Gasteiger partial charge is 0.0704 e. The van der Waals surface area contributed by atoms with E-state index in [1.165, 1.54) is 51.6 Å². The first-order valence-electron chi connectivity index (χ1n) is 7.39. The fraction of sp³-hybridized carbons (Fsp3) is 1.00. The number of likely N-dealkylation sites (tertiary alicyclic amines) is 1. The highest BCUT2D eigenvalue weighted by Crippen LogP contribution is 2.26. The molecule has 0 unspecified atom stereocenters. The Kier molecular flexibility index (Phi) is 5.89. The first-order chi connectivity index (χ1) is 8.79. The molecule has 0 bridgehead atoms. The first-order valence-corrected chi connectivity index (χ1v) is 7.39. The molecule has 1 heterocycles. The molecule has 1 aliphatic carbocycles. The van der Waals surface area contributed by atoms with Gasteiger partial charge in [0.25, 0.3) is 0 Å². The van der Waals surface area contributed by atoms with E-state index in [0.29, 0.717) is 18.8 Å². The van der Waals surface area contributed by atoms with Gasteiger partial charge in [0, 0.05) is 19.2 Å². The van der Waals surface area contributed by atoms with Crippen LogP contribution in [0.15, 0.2) is 0 Å². The summed E-state index contributed by atoms with van der Waals surface area (Å²) in [4.78, 5) is 2.65. The Hall–Kier alpha value is -0.160. The second-order valence-electron chi connectivity index (χ2n) is 5.67. The lowest BCUT2D eigenvalue weighted by Crippen LogP contribution is -2.46. The third-order valence-corrected chi connectivity index (χ3v) is 4.38. The first kappa shape index (κ1) is 14.3. The van der Waals surface area contributed by atoms with Crippen molar-refractivity contribution in [2.45, 2.75) is 56.7 Å². The van der Waals surface area contributed by atoms with Crippen LogP contribution in [0.5, 0.6) is 0 Å². The summed E-state index contributed by atoms with van der Waals surface area (Å²) >= 11 is 0. The van der Waals surface area contributed by atoms with Crippen molar-refractivity contribution in [1.29, 1.82) is 0 Å². The van der Waals surface area contributed by atoms with Crippen molar-refractivity contribution < 1.29 is 9.47 Å². The van der Waals surface area contributed by atoms with Gasteiger partial charge in [-0.25, -0.2) is 0 Å². The molecule has 1 saturated carbocycles. The minimum atomic E-state index is 0.440. The average molecular weight is 256 g/mol. The maximum Gasteiger partial charge on any atom is 0.0704 e. The van der Waals surface area contributed by atoms with Crippen LogP contribution in [-0.2, 0) is 9.47 Å². The van der Waals surface area contributed by atoms with Gasteiger partial charge in [-0.3, -0.25) is 0 Å². The van der Waals surface area contributed by atoms with Crippen molar-refractivity contribution in [2.75, 3.05) is 33.4 Å². The molecule has 106 valence electrons. The number of rotatable bonds is 5. The molecule has 2 rings (SSSR count). The van der Waals surface area contributed by atoms with Gasteiger partial charge in [0.2, 0.25) is 0 Å². The fourth-order valence-corrected chi connectivity index (χ4v) is 3.16. The summed E-state index contributed by atoms with van der Waals surface area (Å²) in [6.07, 6.45) is 7.78. The number of nitrogens with two attached hydrogens (primary N) is 1. The minimum Gasteiger partial charge on any atom is -0.382 e. The summed E-state index contributed by atoms with van der Waals surface area (Å²) in [5.74, 6) is 0. The van der Waals surface area contributed by atoms with Crippen LogP contribution in [0.25, 0.3) is 0 Å². The molecule has 4 nitrogen and oxygen atoms in total. The number of hydrogen-bond donors (Lipinski definition) is 1. The molecule has 1 saturated heterocycles. The zero-order chi connectivity index (χ0) is 12.8. The molecule has 2 fully saturated rings. The molecular weight excluding hydrogens is 228 g/mol. The van der Waals surface area contributed by atoms with Crippen molar-refractivity contribution >= 4 is 0 Å². The summed E-state index contributed by atoms with van der Waals surface area (Å²) in [5.41, 5.74) is 5.96. The highest BCUT2D eigenvalue weighted by molar-refractivity contribution is 4.84. The standard InChI is InChI=1S/C14H28N2O2/c1-17-10-11-18-14-4-2-13(3-5-14)16-8-6-12(15)7-9-16/h12-14H,2-11,15H2,1H3. The van der Waals surface area contributed by atoms with Gasteiger partial charge in [0.15, 0.2) is 0 Å². The largest absolute Gasteiger partial charge is 0.382 e. The van der Waals surface area contributed by atoms with Crippen molar-refractivity contribution in [1.82, 2.24) is 4.90 Å². The van der Waals surface area contributed by atoms with E-state index in [1.54, 1.807) is 7.11 Å². The number of ether oxygens (including phenoxy) is 2. The summed E-state index contributed by atoms with van der Waals surface area (Å²) in [6.45, 7) is 3.84. The van der Waals surface area contributed by atoms with E-state index in [2.05, 4.69) is 4.90 Å². The molecular formula is C14H28N2O2. The van der Waals surface area contributed by atoms with Crippen LogP contribution in [0, 0.1) is 0 Å². The van der Waals surface area contributed by atoms with Gasteiger partial charge in [-0.05, 0) is 51.6 Å². The molecule has 2 aliphatic rings. The van der Waals surface area contributed by atoms with Gasteiger partial charge in [-0.15, -0.1) is 0 Å². The zero-order valence-corrected chi connectivity index (χ0v) is 11.6. The normalized spacial score (nSPS) is 31.7. The third-order valence-electron chi connectivity index (χ3n) is 4.38. The number of nitrogens with zero attached hydrogens (tertiary/aromatic N) is 1. The Bertz CT molecular complexity index is 222. The molecule has 0 aromatic carbocycles. The maximum atomic E-state index is 5.96. The van der Waals surface area contributed by atoms with E-state index in [9.17, 15) is 0 Å². The summed E-state index contributed by atoms with van der Waals surface area (Å²) in [6, 6.07) is 1.22. The zero-order valence-electron chi connectivity index (χ0n) is 11.6. The molecule has 0 amide bonds. The second-order valence-corrected chi connectivity index (χ2v) is 5.67. The Balaban J connectivity index is 1.63. The van der Waals surface area contributed by atoms with E-state index >= 15 is 0 Å². The second kappa shape index (κ2) is 7.43. The van der Waals surface area contributed by atoms with Crippen LogP contribution in [0.4, 0.5) is 0 Å². The van der Waals surface area contributed by atoms with Crippen molar-refractivity contribution in [3.8, 4) is 0 Å². The van der Waals surface area contributed by atoms with Crippen LogP contribution >= 0.6 is 0 Å². The van der Waals surface area contributed by atoms with E-state index in [0.717, 1.165) is 12.6 Å². The van der Waals surface area contributed by atoms with Crippen molar-refractivity contribution in [3.63, 3.8) is 0 Å². The minimum absolute atomic E-state index is 0.440. The molecule has 0 spiro atoms. The average Bonchev–Trinajstić information content (AvgIpc) is 2.41. The Labute approximate surface area is 111 Å². The molecule has 18 heavy (non-hydrogen) atoms. The Morgan fingerprint density at radius 2 is 1.67 bits per heavy atom. The molecule has 2 N–H and O–H groups in total. The molecule has 0 radical (unpaired) electrons. The SMILES string of the molecule is COCCOC1CCC(N2CCC(N)CC2)CC1. The van der Waals surface area contributed by atoms with Gasteiger partial charge in [0.05, 0.1) is 19.3 Å². The highest BCUT2D eigenvalue weighted by atomic mass is 16.5. The van der Waals surface area contributed by atoms with Gasteiger partial charge < -0.3 is 20.1 Å². The van der Waals surface area contributed by atoms with Crippen LogP contribution in [0.1, 0.15) is 38.5 Å². The maximum absolute atomic E-state index is 5.96. The molecule has 0 atom stereocenters. The molecule has 0 aromatic rings. The van der Waals surface area contributed by atoms with Gasteiger partial charge in [0.1, 0.15) is 0 Å². The molecule has 4 heteroatoms. The van der Waals surface area contributed by atoms with Crippen LogP contribution < -0.4 is 5.73 Å². The predicted octanol–water partition coefficient (Wildman–Crippen LogP) is 1.38. The third kappa shape index (κ3) is 4.19. The van der Waals surface area contributed by atoms with Crippen LogP contribution in [0.3, 0.4) is 0 Å². The van der Waals surface area contributed by atoms with Crippen LogP contribution in [-0.4, -0.2) is 56.5 Å². The lowest BCUT2D eigenvalue weighted by atomic mass is 9.90. The Morgan fingerprint density at radius 1 is 1.00 bits per heavy atom. The number of methoxy groups -OCH3 is 1. The number of hydrogen-bond acceptors (Lipinski definition) is 4. The lowest BCUT2D eigenvalue weighted by Gasteiger charge is -2.40. The van der Waals surface area contributed by atoms with Gasteiger partial charge in [-0.2, -0.15) is 0 Å². The topological polar surface area (TPSA) is 47.7 Å². The molecule has 1 aliphatic heterocycles. The highest BCUT2D eigenvalue weighted by Gasteiger charge is 2.28. The van der Waals surface area contributed by atoms with Crippen molar-refractivity contribution in [2.24, 2.45) is 5.73 Å². The van der Waals surface area contributed by atoms with E-state index < -0.39 is 0 Å². The summed E-state index contributed by atoms with van der Waals surface area (Å²) in [7, 11) is 1.72. The van der Waals surface area contributed by atoms with Gasteiger partial charge >= 0.3 is 0 Å². The van der Waals surface area contributed by atoms with Gasteiger partial charge in [-0.1, -0.05) is 0 Å². The quantitative estimate of drug-likeness (QED) is 0.755. The monoisotopic (exact) mass is 256 g/mol. The Morgan fingerprint density at radius 3 is 2.28 bits per heavy atom. The summed E-state index contributed by atoms with van der Waals surface area (Å²) < 4.78 is 10.8. The molecule has 0 aromatic heterocycles. The van der Waals surface area contributed by atoms with Crippen molar-refractivity contribution in [3.05, 3.63) is 0 Å². The fourth-order valence-electron chi connectivity index (χ4n) is 3.16. The number of piperidine rings is 1. The summed E-state index contributed by atoms with van der Waals surface area (Å²) in [5, 5.41) is 0. The van der Waals surface area contributed by atoms with Crippen LogP contribution in [0.2, 0.25) is 0 Å². The van der Waals surface area contributed by atoms with E-state index in [4.69, 9.17) is 15.2 Å². The van der Waals surface area contributed by atoms with E-state index in [1.807, 2.05) is 0 Å². The lowest BCUT2D eigenvalue weighted by molar-refractivity contribution is -0.0164. The predicted molar refractivity (Wildman–Crippen MR) is 72.7 cm³/mol.